The van der Waals surface area contributed by atoms with Gasteiger partial charge in [-0.15, -0.1) is 11.8 Å². The lowest BCUT2D eigenvalue weighted by molar-refractivity contribution is 0.304. The molecule has 2 nitrogen and oxygen atoms in total. The topological polar surface area (TPSA) is 21.3 Å². The summed E-state index contributed by atoms with van der Waals surface area (Å²) in [6.07, 6.45) is 5.31. The van der Waals surface area contributed by atoms with Crippen molar-refractivity contribution in [3.63, 3.8) is 0 Å². The van der Waals surface area contributed by atoms with Crippen molar-refractivity contribution in [3.05, 3.63) is 24.3 Å². The maximum Gasteiger partial charge on any atom is 0.119 e. The minimum absolute atomic E-state index is 0.638. The Morgan fingerprint density at radius 2 is 2.21 bits per heavy atom. The van der Waals surface area contributed by atoms with Gasteiger partial charge in [-0.05, 0) is 50.4 Å². The van der Waals surface area contributed by atoms with E-state index in [1.807, 2.05) is 17.8 Å². The summed E-state index contributed by atoms with van der Waals surface area (Å²) in [7, 11) is 3.82. The minimum atomic E-state index is 0.638. The molecule has 0 heterocycles. The van der Waals surface area contributed by atoms with Crippen molar-refractivity contribution in [2.24, 2.45) is 5.92 Å². The van der Waals surface area contributed by atoms with Crippen LogP contribution in [0.4, 0.5) is 0 Å². The Bertz CT molecular complexity index is 396. The van der Waals surface area contributed by atoms with Crippen LogP contribution in [0.3, 0.4) is 0 Å². The Balaban J connectivity index is 2.05. The van der Waals surface area contributed by atoms with Gasteiger partial charge in [0.05, 0.1) is 7.11 Å². The molecule has 0 saturated heterocycles. The minimum Gasteiger partial charge on any atom is -0.497 e. The van der Waals surface area contributed by atoms with Crippen LogP contribution in [-0.2, 0) is 0 Å². The molecule has 0 spiro atoms. The maximum atomic E-state index is 5.31. The van der Waals surface area contributed by atoms with Gasteiger partial charge in [0.2, 0.25) is 0 Å². The summed E-state index contributed by atoms with van der Waals surface area (Å²) in [5, 5.41) is 4.17. The molecule has 19 heavy (non-hydrogen) atoms. The van der Waals surface area contributed by atoms with Crippen molar-refractivity contribution in [1.82, 2.24) is 5.32 Å². The quantitative estimate of drug-likeness (QED) is 0.881. The van der Waals surface area contributed by atoms with Crippen LogP contribution in [0.15, 0.2) is 29.2 Å². The fourth-order valence-corrected chi connectivity index (χ4v) is 4.39. The van der Waals surface area contributed by atoms with E-state index in [2.05, 4.69) is 37.5 Å². The third-order valence-corrected chi connectivity index (χ3v) is 5.53. The number of hydrogen-bond donors (Lipinski definition) is 1. The van der Waals surface area contributed by atoms with Gasteiger partial charge in [0.15, 0.2) is 0 Å². The molecule has 0 amide bonds. The van der Waals surface area contributed by atoms with Gasteiger partial charge in [-0.1, -0.05) is 19.4 Å². The van der Waals surface area contributed by atoms with E-state index in [0.717, 1.165) is 11.7 Å². The highest BCUT2D eigenvalue weighted by Crippen LogP contribution is 2.38. The van der Waals surface area contributed by atoms with Gasteiger partial charge in [0.1, 0.15) is 5.75 Å². The second kappa shape index (κ2) is 7.20. The van der Waals surface area contributed by atoms with Gasteiger partial charge < -0.3 is 10.1 Å². The van der Waals surface area contributed by atoms with Crippen LogP contribution in [-0.4, -0.2) is 25.4 Å². The fraction of sp³-hybridized carbons (Fsp3) is 0.625. The summed E-state index contributed by atoms with van der Waals surface area (Å²) >= 11 is 2.00. The molecule has 106 valence electrons. The highest BCUT2D eigenvalue weighted by atomic mass is 32.2. The molecule has 1 saturated carbocycles. The molecular formula is C16H25NOS. The van der Waals surface area contributed by atoms with Gasteiger partial charge in [0.25, 0.3) is 0 Å². The lowest BCUT2D eigenvalue weighted by Crippen LogP contribution is -2.40. The van der Waals surface area contributed by atoms with Crippen LogP contribution >= 0.6 is 11.8 Å². The van der Waals surface area contributed by atoms with Crippen LogP contribution in [0.1, 0.15) is 32.6 Å². The average Bonchev–Trinajstić information content (AvgIpc) is 2.47. The highest BCUT2D eigenvalue weighted by Gasteiger charge is 2.29. The molecule has 1 aliphatic rings. The van der Waals surface area contributed by atoms with Gasteiger partial charge in [-0.3, -0.25) is 0 Å². The molecule has 0 bridgehead atoms. The molecule has 1 aromatic carbocycles. The summed E-state index contributed by atoms with van der Waals surface area (Å²) in [5.74, 6) is 1.85. The van der Waals surface area contributed by atoms with Gasteiger partial charge in [-0.2, -0.15) is 0 Å². The standard InChI is InChI=1S/C16H25NOS/c1-4-12-8-9-15(17-2)16(10-12)19-14-7-5-6-13(11-14)18-3/h5-7,11-12,15-17H,4,8-10H2,1-3H3. The zero-order chi connectivity index (χ0) is 13.7. The fourth-order valence-electron chi connectivity index (χ4n) is 2.89. The van der Waals surface area contributed by atoms with Crippen molar-refractivity contribution in [3.8, 4) is 5.75 Å². The molecule has 2 rings (SSSR count). The molecule has 3 atom stereocenters. The summed E-state index contributed by atoms with van der Waals surface area (Å²) in [6, 6.07) is 9.06. The molecule has 3 heteroatoms. The molecule has 0 aliphatic heterocycles. The van der Waals surface area contributed by atoms with E-state index in [1.165, 1.54) is 30.6 Å². The number of nitrogens with one attached hydrogen (secondary N) is 1. The third-order valence-electron chi connectivity index (χ3n) is 4.18. The number of methoxy groups -OCH3 is 1. The molecule has 3 unspecified atom stereocenters. The SMILES string of the molecule is CCC1CCC(NC)C(Sc2cccc(OC)c2)C1. The Kier molecular flexibility index (Phi) is 5.59. The average molecular weight is 279 g/mol. The van der Waals surface area contributed by atoms with E-state index in [-0.39, 0.29) is 0 Å². The van der Waals surface area contributed by atoms with Gasteiger partial charge in [0, 0.05) is 16.2 Å². The number of ether oxygens (including phenoxy) is 1. The normalized spacial score (nSPS) is 27.2. The Labute approximate surface area is 121 Å². The Hall–Kier alpha value is -0.670. The molecule has 0 aromatic heterocycles. The van der Waals surface area contributed by atoms with Crippen LogP contribution < -0.4 is 10.1 Å². The molecule has 1 fully saturated rings. The van der Waals surface area contributed by atoms with Crippen molar-refractivity contribution >= 4 is 11.8 Å². The molecular weight excluding hydrogens is 254 g/mol. The van der Waals surface area contributed by atoms with Crippen molar-refractivity contribution in [2.45, 2.75) is 48.8 Å². The van der Waals surface area contributed by atoms with E-state index in [4.69, 9.17) is 4.74 Å². The van der Waals surface area contributed by atoms with E-state index >= 15 is 0 Å². The van der Waals surface area contributed by atoms with E-state index in [0.29, 0.717) is 11.3 Å². The monoisotopic (exact) mass is 279 g/mol. The van der Waals surface area contributed by atoms with Gasteiger partial charge in [-0.25, -0.2) is 0 Å². The summed E-state index contributed by atoms with van der Waals surface area (Å²) in [4.78, 5) is 1.32. The smallest absolute Gasteiger partial charge is 0.119 e. The predicted molar refractivity (Wildman–Crippen MR) is 83.1 cm³/mol. The number of hydrogen-bond acceptors (Lipinski definition) is 3. The largest absolute Gasteiger partial charge is 0.497 e. The highest BCUT2D eigenvalue weighted by molar-refractivity contribution is 8.00. The molecule has 1 aromatic rings. The van der Waals surface area contributed by atoms with Crippen LogP contribution in [0.2, 0.25) is 0 Å². The number of rotatable bonds is 5. The van der Waals surface area contributed by atoms with Gasteiger partial charge >= 0.3 is 0 Å². The maximum absolute atomic E-state index is 5.31. The molecule has 1 aliphatic carbocycles. The first-order chi connectivity index (χ1) is 9.26. The number of thioether (sulfide) groups is 1. The summed E-state index contributed by atoms with van der Waals surface area (Å²) < 4.78 is 5.31. The van der Waals surface area contributed by atoms with Crippen LogP contribution in [0, 0.1) is 5.92 Å². The Morgan fingerprint density at radius 1 is 1.37 bits per heavy atom. The van der Waals surface area contributed by atoms with E-state index < -0.39 is 0 Å². The first-order valence-electron chi connectivity index (χ1n) is 7.24. The van der Waals surface area contributed by atoms with Crippen molar-refractivity contribution < 1.29 is 4.74 Å². The predicted octanol–water partition coefficient (Wildman–Crippen LogP) is 3.95. The second-order valence-electron chi connectivity index (χ2n) is 5.32. The van der Waals surface area contributed by atoms with Crippen LogP contribution in [0.25, 0.3) is 0 Å². The lowest BCUT2D eigenvalue weighted by atomic mass is 9.84. The first kappa shape index (κ1) is 14.7. The molecule has 0 radical (unpaired) electrons. The van der Waals surface area contributed by atoms with E-state index in [1.54, 1.807) is 7.11 Å². The van der Waals surface area contributed by atoms with Crippen molar-refractivity contribution in [1.29, 1.82) is 0 Å². The zero-order valence-corrected chi connectivity index (χ0v) is 13.0. The summed E-state index contributed by atoms with van der Waals surface area (Å²) in [6.45, 7) is 2.32. The number of benzene rings is 1. The second-order valence-corrected chi connectivity index (χ2v) is 6.63. The zero-order valence-electron chi connectivity index (χ0n) is 12.2. The first-order valence-corrected chi connectivity index (χ1v) is 8.12. The van der Waals surface area contributed by atoms with Crippen molar-refractivity contribution in [2.75, 3.05) is 14.2 Å². The van der Waals surface area contributed by atoms with E-state index in [9.17, 15) is 0 Å². The third kappa shape index (κ3) is 3.90. The Morgan fingerprint density at radius 3 is 2.89 bits per heavy atom. The van der Waals surface area contributed by atoms with Crippen LogP contribution in [0.5, 0.6) is 5.75 Å². The lowest BCUT2D eigenvalue weighted by Gasteiger charge is -2.35. The summed E-state index contributed by atoms with van der Waals surface area (Å²) in [5.41, 5.74) is 0. The molecule has 1 N–H and O–H groups in total.